The maximum absolute atomic E-state index is 12.8. The summed E-state index contributed by atoms with van der Waals surface area (Å²) in [5, 5.41) is 14.7. The van der Waals surface area contributed by atoms with Crippen LogP contribution in [0.5, 0.6) is 11.5 Å². The van der Waals surface area contributed by atoms with Crippen LogP contribution in [0.15, 0.2) is 47.1 Å². The fourth-order valence-electron chi connectivity index (χ4n) is 2.84. The van der Waals surface area contributed by atoms with Gasteiger partial charge in [-0.25, -0.2) is 4.79 Å². The lowest BCUT2D eigenvalue weighted by atomic mass is 10.1. The number of aromatic carboxylic acids is 1. The van der Waals surface area contributed by atoms with Crippen LogP contribution >= 0.6 is 11.6 Å². The molecule has 2 aromatic carbocycles. The van der Waals surface area contributed by atoms with E-state index in [1.54, 1.807) is 31.2 Å². The molecule has 0 spiro atoms. The van der Waals surface area contributed by atoms with Crippen molar-refractivity contribution in [3.63, 3.8) is 0 Å². The zero-order valence-electron chi connectivity index (χ0n) is 14.1. The second-order valence-corrected chi connectivity index (χ2v) is 6.35. The average Bonchev–Trinajstić information content (AvgIpc) is 3.21. The smallest absolute Gasteiger partial charge is 0.337 e. The van der Waals surface area contributed by atoms with Gasteiger partial charge in [-0.05, 0) is 48.9 Å². The second kappa shape index (κ2) is 6.44. The molecule has 0 saturated carbocycles. The van der Waals surface area contributed by atoms with Gasteiger partial charge in [-0.3, -0.25) is 4.79 Å². The number of carbonyl (C=O) groups is 2. The van der Waals surface area contributed by atoms with Gasteiger partial charge in [0.05, 0.1) is 27.6 Å². The van der Waals surface area contributed by atoms with Gasteiger partial charge in [0.15, 0.2) is 11.5 Å². The summed E-state index contributed by atoms with van der Waals surface area (Å²) >= 11 is 5.89. The fourth-order valence-corrected chi connectivity index (χ4v) is 3.04. The van der Waals surface area contributed by atoms with Crippen LogP contribution in [0.1, 0.15) is 22.8 Å². The van der Waals surface area contributed by atoms with Crippen LogP contribution in [-0.4, -0.2) is 29.5 Å². The minimum Gasteiger partial charge on any atom is -0.478 e. The molecule has 0 saturated heterocycles. The molecule has 1 amide bonds. The van der Waals surface area contributed by atoms with E-state index in [0.29, 0.717) is 28.5 Å². The second-order valence-electron chi connectivity index (χ2n) is 5.94. The number of rotatable bonds is 3. The van der Waals surface area contributed by atoms with Gasteiger partial charge < -0.3 is 14.6 Å². The SMILES string of the molecule is CC1=NN(c2ccc(Cl)c(C(=O)O)c2)C(=O)C1=Cc1ccc2c(c1)OCO2. The summed E-state index contributed by atoms with van der Waals surface area (Å²) in [6.45, 7) is 1.88. The van der Waals surface area contributed by atoms with Gasteiger partial charge in [0.2, 0.25) is 6.79 Å². The summed E-state index contributed by atoms with van der Waals surface area (Å²) in [7, 11) is 0. The molecule has 0 bridgehead atoms. The number of hydrogen-bond donors (Lipinski definition) is 1. The first-order valence-electron chi connectivity index (χ1n) is 7.98. The molecule has 0 aliphatic carbocycles. The lowest BCUT2D eigenvalue weighted by Crippen LogP contribution is -2.21. The number of carbonyl (C=O) groups excluding carboxylic acids is 1. The van der Waals surface area contributed by atoms with Crippen molar-refractivity contribution in [2.75, 3.05) is 11.8 Å². The number of hydrazone groups is 1. The molecular weight excluding hydrogens is 372 g/mol. The molecule has 2 aliphatic rings. The molecule has 4 rings (SSSR count). The fraction of sp³-hybridized carbons (Fsp3) is 0.105. The van der Waals surface area contributed by atoms with E-state index < -0.39 is 5.97 Å². The third-order valence-electron chi connectivity index (χ3n) is 4.20. The number of carboxylic acid groups (broad SMARTS) is 1. The van der Waals surface area contributed by atoms with E-state index in [4.69, 9.17) is 21.1 Å². The first kappa shape index (κ1) is 17.1. The maximum Gasteiger partial charge on any atom is 0.337 e. The molecule has 2 heterocycles. The Balaban J connectivity index is 1.67. The van der Waals surface area contributed by atoms with Crippen molar-refractivity contribution in [3.8, 4) is 11.5 Å². The van der Waals surface area contributed by atoms with E-state index in [0.717, 1.165) is 10.6 Å². The molecule has 8 heteroatoms. The largest absolute Gasteiger partial charge is 0.478 e. The number of ether oxygens (including phenoxy) is 2. The van der Waals surface area contributed by atoms with Crippen LogP contribution in [0.25, 0.3) is 6.08 Å². The van der Waals surface area contributed by atoms with Gasteiger partial charge in [0, 0.05) is 0 Å². The van der Waals surface area contributed by atoms with E-state index >= 15 is 0 Å². The standard InChI is InChI=1S/C19H13ClN2O5/c1-10-13(6-11-2-5-16-17(7-11)27-9-26-16)18(23)22(21-10)12-3-4-15(20)14(8-12)19(24)25/h2-8H,9H2,1H3,(H,24,25). The molecule has 2 aliphatic heterocycles. The van der Waals surface area contributed by atoms with Crippen LogP contribution in [0, 0.1) is 0 Å². The molecule has 0 radical (unpaired) electrons. The van der Waals surface area contributed by atoms with Crippen LogP contribution in [0.3, 0.4) is 0 Å². The topological polar surface area (TPSA) is 88.4 Å². The minimum atomic E-state index is -1.18. The van der Waals surface area contributed by atoms with Crippen molar-refractivity contribution in [1.29, 1.82) is 0 Å². The highest BCUT2D eigenvalue weighted by molar-refractivity contribution is 6.34. The number of halogens is 1. The van der Waals surface area contributed by atoms with Crippen LogP contribution in [0.2, 0.25) is 5.02 Å². The Morgan fingerprint density at radius 1 is 1.22 bits per heavy atom. The van der Waals surface area contributed by atoms with Gasteiger partial charge in [0.25, 0.3) is 5.91 Å². The quantitative estimate of drug-likeness (QED) is 0.817. The lowest BCUT2D eigenvalue weighted by molar-refractivity contribution is -0.114. The van der Waals surface area contributed by atoms with Crippen molar-refractivity contribution < 1.29 is 24.2 Å². The van der Waals surface area contributed by atoms with Gasteiger partial charge in [-0.2, -0.15) is 10.1 Å². The summed E-state index contributed by atoms with van der Waals surface area (Å²) in [5.74, 6) is -0.261. The van der Waals surface area contributed by atoms with Crippen LogP contribution < -0.4 is 14.5 Å². The summed E-state index contributed by atoms with van der Waals surface area (Å²) < 4.78 is 10.6. The van der Waals surface area contributed by atoms with Crippen molar-refractivity contribution in [1.82, 2.24) is 0 Å². The summed E-state index contributed by atoms with van der Waals surface area (Å²) in [5.41, 5.74) is 1.92. The summed E-state index contributed by atoms with van der Waals surface area (Å²) in [6.07, 6.45) is 1.71. The van der Waals surface area contributed by atoms with Crippen molar-refractivity contribution in [2.24, 2.45) is 5.10 Å². The van der Waals surface area contributed by atoms with Crippen LogP contribution in [-0.2, 0) is 4.79 Å². The Hall–Kier alpha value is -3.32. The van der Waals surface area contributed by atoms with E-state index in [-0.39, 0.29) is 23.3 Å². The average molecular weight is 385 g/mol. The van der Waals surface area contributed by atoms with Crippen LogP contribution in [0.4, 0.5) is 5.69 Å². The van der Waals surface area contributed by atoms with E-state index in [2.05, 4.69) is 5.10 Å². The van der Waals surface area contributed by atoms with Gasteiger partial charge in [0.1, 0.15) is 0 Å². The minimum absolute atomic E-state index is 0.0923. The molecule has 136 valence electrons. The Morgan fingerprint density at radius 3 is 2.78 bits per heavy atom. The van der Waals surface area contributed by atoms with Gasteiger partial charge in [-0.15, -0.1) is 0 Å². The highest BCUT2D eigenvalue weighted by atomic mass is 35.5. The van der Waals surface area contributed by atoms with E-state index in [1.165, 1.54) is 12.1 Å². The number of nitrogens with zero attached hydrogens (tertiary/aromatic N) is 2. The third-order valence-corrected chi connectivity index (χ3v) is 4.52. The van der Waals surface area contributed by atoms with E-state index in [9.17, 15) is 14.7 Å². The Labute approximate surface area is 159 Å². The summed E-state index contributed by atoms with van der Waals surface area (Å²) in [4.78, 5) is 24.1. The zero-order valence-corrected chi connectivity index (χ0v) is 14.9. The predicted octanol–water partition coefficient (Wildman–Crippen LogP) is 3.57. The van der Waals surface area contributed by atoms with Crippen molar-refractivity contribution in [2.45, 2.75) is 6.92 Å². The first-order valence-corrected chi connectivity index (χ1v) is 8.36. The highest BCUT2D eigenvalue weighted by Crippen LogP contribution is 2.34. The number of anilines is 1. The van der Waals surface area contributed by atoms with Gasteiger partial charge in [-0.1, -0.05) is 17.7 Å². The monoisotopic (exact) mass is 384 g/mol. The third kappa shape index (κ3) is 3.02. The molecule has 2 aromatic rings. The lowest BCUT2D eigenvalue weighted by Gasteiger charge is -2.13. The number of benzene rings is 2. The number of fused-ring (bicyclic) bond motifs is 1. The molecule has 1 N–H and O–H groups in total. The predicted molar refractivity (Wildman–Crippen MR) is 99.5 cm³/mol. The maximum atomic E-state index is 12.8. The summed E-state index contributed by atoms with van der Waals surface area (Å²) in [6, 6.07) is 9.67. The first-order chi connectivity index (χ1) is 12.9. The molecule has 27 heavy (non-hydrogen) atoms. The Bertz CT molecular complexity index is 1040. The highest BCUT2D eigenvalue weighted by Gasteiger charge is 2.29. The molecule has 0 unspecified atom stereocenters. The number of amides is 1. The number of carboxylic acids is 1. The van der Waals surface area contributed by atoms with Crippen molar-refractivity contribution in [3.05, 3.63) is 58.1 Å². The molecule has 0 aromatic heterocycles. The molecule has 0 atom stereocenters. The molecule has 0 fully saturated rings. The van der Waals surface area contributed by atoms with Gasteiger partial charge >= 0.3 is 5.97 Å². The number of hydrogen-bond acceptors (Lipinski definition) is 5. The zero-order chi connectivity index (χ0) is 19.1. The van der Waals surface area contributed by atoms with Crippen molar-refractivity contribution >= 4 is 41.0 Å². The molecular formula is C19H13ClN2O5. The molecule has 7 nitrogen and oxygen atoms in total. The van der Waals surface area contributed by atoms with E-state index in [1.807, 2.05) is 6.07 Å². The normalized spacial score (nSPS) is 16.8. The Kier molecular flexibility index (Phi) is 4.08. The Morgan fingerprint density at radius 2 is 2.00 bits per heavy atom.